The van der Waals surface area contributed by atoms with Gasteiger partial charge in [-0.1, -0.05) is 19.9 Å². The van der Waals surface area contributed by atoms with Crippen molar-refractivity contribution in [1.29, 1.82) is 0 Å². The molecule has 0 radical (unpaired) electrons. The van der Waals surface area contributed by atoms with Gasteiger partial charge >= 0.3 is 0 Å². The highest BCUT2D eigenvalue weighted by Crippen LogP contribution is 2.18. The van der Waals surface area contributed by atoms with Crippen molar-refractivity contribution in [3.05, 3.63) is 12.7 Å². The predicted octanol–water partition coefficient (Wildman–Crippen LogP) is 1.79. The molecule has 8 heavy (non-hydrogen) atoms. The Labute approximate surface area is 50.4 Å². The summed E-state index contributed by atoms with van der Waals surface area (Å²) >= 11 is 0. The third kappa shape index (κ3) is 2.56. The zero-order chi connectivity index (χ0) is 6.62. The van der Waals surface area contributed by atoms with E-state index < -0.39 is 0 Å². The van der Waals surface area contributed by atoms with Gasteiger partial charge in [-0.2, -0.15) is 0 Å². The molecule has 0 aromatic heterocycles. The van der Waals surface area contributed by atoms with Crippen LogP contribution in [0.3, 0.4) is 0 Å². The van der Waals surface area contributed by atoms with E-state index in [-0.39, 0.29) is 5.41 Å². The summed E-state index contributed by atoms with van der Waals surface area (Å²) in [5, 5.41) is 0. The van der Waals surface area contributed by atoms with E-state index in [0.29, 0.717) is 6.42 Å². The number of hydrogen-bond acceptors (Lipinski definition) is 1. The van der Waals surface area contributed by atoms with E-state index in [1.165, 1.54) is 0 Å². The molecule has 0 spiro atoms. The largest absolute Gasteiger partial charge is 0.303 e. The number of carbonyl (C=O) groups is 1. The van der Waals surface area contributed by atoms with Crippen LogP contribution in [0, 0.1) is 5.41 Å². The summed E-state index contributed by atoms with van der Waals surface area (Å²) in [6.45, 7) is 7.55. The summed E-state index contributed by atoms with van der Waals surface area (Å²) in [4.78, 5) is 9.93. The van der Waals surface area contributed by atoms with Crippen molar-refractivity contribution < 1.29 is 4.79 Å². The molecule has 1 heteroatoms. The van der Waals surface area contributed by atoms with Crippen LogP contribution < -0.4 is 0 Å². The van der Waals surface area contributed by atoms with Gasteiger partial charge in [0.05, 0.1) is 0 Å². The Morgan fingerprint density at radius 3 is 2.25 bits per heavy atom. The predicted molar refractivity (Wildman–Crippen MR) is 34.7 cm³/mol. The first-order valence-electron chi connectivity index (χ1n) is 2.69. The first-order valence-corrected chi connectivity index (χ1v) is 2.69. The minimum Gasteiger partial charge on any atom is -0.303 e. The average molecular weight is 112 g/mol. The lowest BCUT2D eigenvalue weighted by Crippen LogP contribution is -2.06. The molecule has 0 aromatic carbocycles. The van der Waals surface area contributed by atoms with Crippen molar-refractivity contribution >= 4 is 6.29 Å². The fraction of sp³-hybridized carbons (Fsp3) is 0.571. The molecule has 0 N–H and O–H groups in total. The topological polar surface area (TPSA) is 17.1 Å². The summed E-state index contributed by atoms with van der Waals surface area (Å²) in [7, 11) is 0. The van der Waals surface area contributed by atoms with E-state index >= 15 is 0 Å². The lowest BCUT2D eigenvalue weighted by Gasteiger charge is -2.13. The molecule has 0 bridgehead atoms. The fourth-order valence-corrected chi connectivity index (χ4v) is 0.298. The zero-order valence-corrected chi connectivity index (χ0v) is 5.48. The summed E-state index contributed by atoms with van der Waals surface area (Å²) < 4.78 is 0. The van der Waals surface area contributed by atoms with Crippen molar-refractivity contribution in [2.24, 2.45) is 5.41 Å². The summed E-state index contributed by atoms with van der Waals surface area (Å²) in [6.07, 6.45) is 3.28. The Bertz CT molecular complexity index is 92.6. The zero-order valence-electron chi connectivity index (χ0n) is 5.48. The van der Waals surface area contributed by atoms with Gasteiger partial charge in [-0.25, -0.2) is 0 Å². The van der Waals surface area contributed by atoms with Crippen molar-refractivity contribution in [3.63, 3.8) is 0 Å². The van der Waals surface area contributed by atoms with Crippen LogP contribution >= 0.6 is 0 Å². The Kier molecular flexibility index (Phi) is 2.46. The van der Waals surface area contributed by atoms with Gasteiger partial charge in [0.25, 0.3) is 0 Å². The van der Waals surface area contributed by atoms with Crippen LogP contribution in [0.15, 0.2) is 12.7 Å². The van der Waals surface area contributed by atoms with Gasteiger partial charge in [-0.3, -0.25) is 0 Å². The molecule has 0 atom stereocenters. The van der Waals surface area contributed by atoms with E-state index in [1.54, 1.807) is 6.08 Å². The van der Waals surface area contributed by atoms with Crippen molar-refractivity contribution in [2.75, 3.05) is 0 Å². The Morgan fingerprint density at radius 1 is 1.62 bits per heavy atom. The van der Waals surface area contributed by atoms with Crippen molar-refractivity contribution in [1.82, 2.24) is 0 Å². The van der Waals surface area contributed by atoms with Gasteiger partial charge in [-0.05, 0) is 5.41 Å². The molecule has 0 aliphatic carbocycles. The third-order valence-corrected chi connectivity index (χ3v) is 1.16. The Morgan fingerprint density at radius 2 is 2.12 bits per heavy atom. The summed E-state index contributed by atoms with van der Waals surface area (Å²) in [5.41, 5.74) is -0.0122. The number of allylic oxidation sites excluding steroid dienone is 1. The number of hydrogen-bond donors (Lipinski definition) is 0. The summed E-state index contributed by atoms with van der Waals surface area (Å²) in [6, 6.07) is 0. The van der Waals surface area contributed by atoms with E-state index in [0.717, 1.165) is 6.29 Å². The van der Waals surface area contributed by atoms with Gasteiger partial charge in [0.15, 0.2) is 0 Å². The normalized spacial score (nSPS) is 10.8. The van der Waals surface area contributed by atoms with E-state index in [2.05, 4.69) is 6.58 Å². The van der Waals surface area contributed by atoms with Gasteiger partial charge in [-0.15, -0.1) is 6.58 Å². The molecular weight excluding hydrogens is 100 g/mol. The van der Waals surface area contributed by atoms with Crippen LogP contribution in [0.4, 0.5) is 0 Å². The highest BCUT2D eigenvalue weighted by Gasteiger charge is 2.10. The quantitative estimate of drug-likeness (QED) is 0.402. The maximum absolute atomic E-state index is 9.93. The van der Waals surface area contributed by atoms with Gasteiger partial charge in [0.2, 0.25) is 0 Å². The minimum absolute atomic E-state index is 0.0122. The van der Waals surface area contributed by atoms with Crippen LogP contribution in [-0.2, 0) is 4.79 Å². The SMILES string of the molecule is C=CC(C)(C)CC=O. The molecule has 0 aliphatic rings. The highest BCUT2D eigenvalue weighted by atomic mass is 16.1. The summed E-state index contributed by atoms with van der Waals surface area (Å²) in [5.74, 6) is 0. The number of aldehydes is 1. The van der Waals surface area contributed by atoms with E-state index in [4.69, 9.17) is 0 Å². The van der Waals surface area contributed by atoms with E-state index in [1.807, 2.05) is 13.8 Å². The average Bonchev–Trinajstić information content (AvgIpc) is 1.67. The molecule has 0 unspecified atom stereocenters. The smallest absolute Gasteiger partial charge is 0.120 e. The lowest BCUT2D eigenvalue weighted by atomic mass is 9.91. The molecule has 0 aromatic rings. The maximum atomic E-state index is 9.93. The molecule has 0 saturated carbocycles. The van der Waals surface area contributed by atoms with Crippen LogP contribution in [0.5, 0.6) is 0 Å². The molecule has 46 valence electrons. The van der Waals surface area contributed by atoms with Crippen LogP contribution in [0.1, 0.15) is 20.3 Å². The molecule has 0 aliphatic heterocycles. The lowest BCUT2D eigenvalue weighted by molar-refractivity contribution is -0.109. The first kappa shape index (κ1) is 7.41. The molecular formula is C7H12O. The second-order valence-electron chi connectivity index (χ2n) is 2.56. The molecule has 0 saturated heterocycles. The maximum Gasteiger partial charge on any atom is 0.120 e. The number of rotatable bonds is 3. The fourth-order valence-electron chi connectivity index (χ4n) is 0.298. The molecule has 0 rings (SSSR count). The second-order valence-corrected chi connectivity index (χ2v) is 2.56. The van der Waals surface area contributed by atoms with Crippen LogP contribution in [0.25, 0.3) is 0 Å². The van der Waals surface area contributed by atoms with Gasteiger partial charge < -0.3 is 4.79 Å². The van der Waals surface area contributed by atoms with Crippen LogP contribution in [-0.4, -0.2) is 6.29 Å². The molecule has 0 heterocycles. The minimum atomic E-state index is -0.0122. The molecule has 0 fully saturated rings. The first-order chi connectivity index (χ1) is 3.62. The highest BCUT2D eigenvalue weighted by molar-refractivity contribution is 5.51. The molecule has 1 nitrogen and oxygen atoms in total. The monoisotopic (exact) mass is 112 g/mol. The standard InChI is InChI=1S/C7H12O/c1-4-7(2,3)5-6-8/h4,6H,1,5H2,2-3H3. The van der Waals surface area contributed by atoms with Crippen LogP contribution in [0.2, 0.25) is 0 Å². The van der Waals surface area contributed by atoms with E-state index in [9.17, 15) is 4.79 Å². The Balaban J connectivity index is 3.70. The van der Waals surface area contributed by atoms with Gasteiger partial charge in [0, 0.05) is 6.42 Å². The van der Waals surface area contributed by atoms with Crippen molar-refractivity contribution in [2.45, 2.75) is 20.3 Å². The molecule has 0 amide bonds. The number of carbonyl (C=O) groups excluding carboxylic acids is 1. The van der Waals surface area contributed by atoms with Gasteiger partial charge in [0.1, 0.15) is 6.29 Å². The Hall–Kier alpha value is -0.590. The van der Waals surface area contributed by atoms with Crippen molar-refractivity contribution in [3.8, 4) is 0 Å². The second kappa shape index (κ2) is 2.65. The third-order valence-electron chi connectivity index (χ3n) is 1.16.